The number of halogens is 2. The minimum atomic E-state index is -1.37. The number of carboxylic acid groups (broad SMARTS) is 1. The van der Waals surface area contributed by atoms with Crippen molar-refractivity contribution >= 4 is 50.3 Å². The van der Waals surface area contributed by atoms with E-state index in [0.717, 1.165) is 12.6 Å². The average Bonchev–Trinajstić information content (AvgIpc) is 3.61. The largest absolute Gasteiger partial charge is 0.477 e. The van der Waals surface area contributed by atoms with E-state index in [1.165, 1.54) is 10.9 Å². The fourth-order valence-electron chi connectivity index (χ4n) is 6.40. The smallest absolute Gasteiger partial charge is 0.341 e. The fraction of sp³-hybridized carbons (Fsp3) is 0.310. The van der Waals surface area contributed by atoms with E-state index in [-0.39, 0.29) is 28.6 Å². The maximum atomic E-state index is 15.7. The third-order valence-electron chi connectivity index (χ3n) is 8.55. The van der Waals surface area contributed by atoms with Crippen molar-refractivity contribution in [2.45, 2.75) is 12.1 Å². The van der Waals surface area contributed by atoms with Gasteiger partial charge in [0.2, 0.25) is 5.43 Å². The Labute approximate surface area is 242 Å². The van der Waals surface area contributed by atoms with Gasteiger partial charge in [0.05, 0.1) is 51.8 Å². The first-order valence-corrected chi connectivity index (χ1v) is 13.8. The molecule has 5 aromatic rings. The van der Waals surface area contributed by atoms with Gasteiger partial charge in [0.1, 0.15) is 11.2 Å². The number of nitrogens with one attached hydrogen (secondary N) is 3. The molecule has 0 bridgehead atoms. The summed E-state index contributed by atoms with van der Waals surface area (Å²) in [5, 5.41) is 13.1. The highest BCUT2D eigenvalue weighted by molar-refractivity contribution is 6.18. The number of benzene rings is 1. The van der Waals surface area contributed by atoms with Crippen LogP contribution in [0.25, 0.3) is 44.1 Å². The molecule has 0 saturated carbocycles. The zero-order valence-corrected chi connectivity index (χ0v) is 23.5. The van der Waals surface area contributed by atoms with E-state index in [1.54, 1.807) is 32.6 Å². The van der Waals surface area contributed by atoms with Crippen molar-refractivity contribution in [3.8, 4) is 11.1 Å². The number of ether oxygens (including phenoxy) is 1. The molecule has 0 spiro atoms. The highest BCUT2D eigenvalue weighted by Gasteiger charge is 2.40. The summed E-state index contributed by atoms with van der Waals surface area (Å²) in [6.45, 7) is 2.39. The number of carboxylic acids is 1. The number of likely N-dealkylation sites (N-methyl/N-ethyl adjacent to an activating group) is 1. The number of carbonyl (C=O) groups is 1. The van der Waals surface area contributed by atoms with Crippen LogP contribution >= 0.6 is 0 Å². The monoisotopic (exact) mass is 590 g/mol. The van der Waals surface area contributed by atoms with Gasteiger partial charge in [-0.2, -0.15) is 0 Å². The van der Waals surface area contributed by atoms with Crippen LogP contribution in [0.2, 0.25) is 0 Å². The van der Waals surface area contributed by atoms with E-state index < -0.39 is 28.6 Å². The summed E-state index contributed by atoms with van der Waals surface area (Å²) in [6.07, 6.45) is 4.24. The molecule has 6 heterocycles. The molecular weight excluding hydrogens is 562 g/mol. The molecule has 1 aromatic carbocycles. The van der Waals surface area contributed by atoms with E-state index in [9.17, 15) is 19.1 Å². The van der Waals surface area contributed by atoms with Gasteiger partial charge in [-0.1, -0.05) is 0 Å². The molecule has 7 rings (SSSR count). The number of nitrogens with zero attached hydrogens (tertiary/aromatic N) is 5. The van der Waals surface area contributed by atoms with Gasteiger partial charge in [0.25, 0.3) is 0 Å². The molecule has 2 atom stereocenters. The Morgan fingerprint density at radius 1 is 1.16 bits per heavy atom. The van der Waals surface area contributed by atoms with Crippen molar-refractivity contribution in [3.05, 3.63) is 58.1 Å². The molecule has 2 saturated heterocycles. The number of hydrogen-bond acceptors (Lipinski definition) is 9. The number of H-pyrrole nitrogens is 1. The lowest BCUT2D eigenvalue weighted by atomic mass is 10.0. The SMILES string of the molecule is CNc1cc(F)c(F)c2c1[nH]c1ncc(-c3cnc4c(c3)c(=O)c(C(=O)O)cn4NC)c(N3CC4[C@@H](C3)OCCN4C)c12. The third kappa shape index (κ3) is 4.01. The van der Waals surface area contributed by atoms with Gasteiger partial charge < -0.3 is 30.5 Å². The molecule has 1 unspecified atom stereocenters. The van der Waals surface area contributed by atoms with Crippen LogP contribution in [0.15, 0.2) is 35.5 Å². The second kappa shape index (κ2) is 9.88. The molecule has 2 aliphatic rings. The highest BCUT2D eigenvalue weighted by atomic mass is 19.2. The summed E-state index contributed by atoms with van der Waals surface area (Å²) >= 11 is 0. The van der Waals surface area contributed by atoms with Crippen LogP contribution in [-0.2, 0) is 4.74 Å². The normalized spacial score (nSPS) is 19.0. The number of pyridine rings is 3. The van der Waals surface area contributed by atoms with Crippen molar-refractivity contribution < 1.29 is 23.4 Å². The van der Waals surface area contributed by atoms with Gasteiger partial charge >= 0.3 is 5.97 Å². The lowest BCUT2D eigenvalue weighted by molar-refractivity contribution is -0.0362. The third-order valence-corrected chi connectivity index (χ3v) is 8.55. The van der Waals surface area contributed by atoms with Crippen molar-refractivity contribution in [1.29, 1.82) is 0 Å². The first-order valence-electron chi connectivity index (χ1n) is 13.8. The van der Waals surface area contributed by atoms with Crippen molar-refractivity contribution in [3.63, 3.8) is 0 Å². The molecule has 4 aromatic heterocycles. The van der Waals surface area contributed by atoms with E-state index in [2.05, 4.69) is 35.5 Å². The molecule has 4 N–H and O–H groups in total. The van der Waals surface area contributed by atoms with Crippen LogP contribution in [0.5, 0.6) is 0 Å². The Balaban J connectivity index is 1.54. The Morgan fingerprint density at radius 2 is 1.98 bits per heavy atom. The number of aromatic carboxylic acids is 1. The van der Waals surface area contributed by atoms with Gasteiger partial charge in [-0.3, -0.25) is 9.69 Å². The van der Waals surface area contributed by atoms with Crippen molar-refractivity contribution in [2.75, 3.05) is 63.0 Å². The predicted octanol–water partition coefficient (Wildman–Crippen LogP) is 2.80. The van der Waals surface area contributed by atoms with E-state index in [1.807, 2.05) is 7.05 Å². The van der Waals surface area contributed by atoms with Crippen molar-refractivity contribution in [1.82, 2.24) is 24.5 Å². The standard InChI is InChI=1S/C29H28F2N8O4/c1-32-18-7-17(30)23(31)21-22-25(38-11-19-20(12-38)43-5-4-37(19)3)15(9-34-27(22)36-24(18)21)13-6-14-26(40)16(29(41)42)10-39(33-2)28(14)35-8-13/h6-10,19-20,32-33H,4-5,11-12H2,1-3H3,(H,34,36)(H,41,42)/t19?,20-/m1/s1. The van der Waals surface area contributed by atoms with Gasteiger partial charge in [0, 0.05) is 69.5 Å². The summed E-state index contributed by atoms with van der Waals surface area (Å²) in [6, 6.07) is 2.73. The Morgan fingerprint density at radius 3 is 2.70 bits per heavy atom. The molecule has 43 heavy (non-hydrogen) atoms. The molecule has 12 nitrogen and oxygen atoms in total. The number of anilines is 2. The maximum absolute atomic E-state index is 15.7. The minimum Gasteiger partial charge on any atom is -0.477 e. The van der Waals surface area contributed by atoms with E-state index >= 15 is 4.39 Å². The Kier molecular flexibility index (Phi) is 6.21. The van der Waals surface area contributed by atoms with Crippen LogP contribution in [0.3, 0.4) is 0 Å². The number of rotatable bonds is 5. The highest BCUT2D eigenvalue weighted by Crippen LogP contribution is 2.44. The van der Waals surface area contributed by atoms with Crippen LogP contribution < -0.4 is 21.1 Å². The molecule has 0 aliphatic carbocycles. The second-order valence-corrected chi connectivity index (χ2v) is 10.8. The van der Waals surface area contributed by atoms with E-state index in [4.69, 9.17) is 4.74 Å². The molecular formula is C29H28F2N8O4. The van der Waals surface area contributed by atoms with Crippen LogP contribution in [0.4, 0.5) is 20.2 Å². The second-order valence-electron chi connectivity index (χ2n) is 10.8. The van der Waals surface area contributed by atoms with Crippen LogP contribution in [0.1, 0.15) is 10.4 Å². The zero-order valence-electron chi connectivity index (χ0n) is 23.5. The molecule has 2 fully saturated rings. The zero-order chi connectivity index (χ0) is 30.2. The van der Waals surface area contributed by atoms with Gasteiger partial charge in [0.15, 0.2) is 17.3 Å². The quantitative estimate of drug-likeness (QED) is 0.242. The molecule has 0 amide bonds. The number of morpholine rings is 1. The van der Waals surface area contributed by atoms with Gasteiger partial charge in [-0.05, 0) is 13.1 Å². The number of fused-ring (bicyclic) bond motifs is 5. The number of aromatic nitrogens is 4. The van der Waals surface area contributed by atoms with Crippen molar-refractivity contribution in [2.24, 2.45) is 0 Å². The lowest BCUT2D eigenvalue weighted by Gasteiger charge is -2.33. The Hall–Kier alpha value is -4.82. The number of aromatic amines is 1. The average molecular weight is 591 g/mol. The fourth-order valence-corrected chi connectivity index (χ4v) is 6.40. The van der Waals surface area contributed by atoms with Crippen LogP contribution in [0, 0.1) is 11.6 Å². The Bertz CT molecular complexity index is 2030. The van der Waals surface area contributed by atoms with E-state index in [0.29, 0.717) is 58.7 Å². The predicted molar refractivity (Wildman–Crippen MR) is 159 cm³/mol. The summed E-state index contributed by atoms with van der Waals surface area (Å²) < 4.78 is 38.1. The van der Waals surface area contributed by atoms with Crippen LogP contribution in [-0.4, -0.2) is 95.1 Å². The maximum Gasteiger partial charge on any atom is 0.341 e. The number of hydrogen-bond donors (Lipinski definition) is 4. The molecule has 0 radical (unpaired) electrons. The summed E-state index contributed by atoms with van der Waals surface area (Å²) in [5.74, 6) is -3.39. The molecule has 222 valence electrons. The first-order chi connectivity index (χ1) is 20.7. The lowest BCUT2D eigenvalue weighted by Crippen LogP contribution is -2.48. The topological polar surface area (TPSA) is 141 Å². The van der Waals surface area contributed by atoms with Gasteiger partial charge in [-0.25, -0.2) is 28.2 Å². The first kappa shape index (κ1) is 27.0. The summed E-state index contributed by atoms with van der Waals surface area (Å²) in [7, 11) is 5.24. The minimum absolute atomic E-state index is 0.0484. The summed E-state index contributed by atoms with van der Waals surface area (Å²) in [4.78, 5) is 41.7. The molecule has 14 heteroatoms. The molecule has 2 aliphatic heterocycles. The van der Waals surface area contributed by atoms with Gasteiger partial charge in [-0.15, -0.1) is 0 Å². The summed E-state index contributed by atoms with van der Waals surface area (Å²) in [5.41, 5.74) is 4.61.